The summed E-state index contributed by atoms with van der Waals surface area (Å²) in [7, 11) is 0. The Hall–Kier alpha value is -0.200. The van der Waals surface area contributed by atoms with Crippen LogP contribution in [0.1, 0.15) is 12.8 Å². The molecule has 0 aromatic carbocycles. The minimum atomic E-state index is -0.221. The average Bonchev–Trinajstić information content (AvgIpc) is 1.94. The Kier molecular flexibility index (Phi) is 3.04. The third kappa shape index (κ3) is 1.89. The quantitative estimate of drug-likeness (QED) is 0.618. The molecule has 56 valence electrons. The first-order valence-corrected chi connectivity index (χ1v) is 4.63. The number of nitrogens with zero attached hydrogens (tertiary/aromatic N) is 1. The number of aliphatic hydroxyl groups is 1. The van der Waals surface area contributed by atoms with E-state index < -0.39 is 0 Å². The molecule has 0 unspecified atom stereocenters. The Bertz CT molecular complexity index is 143. The van der Waals surface area contributed by atoms with Gasteiger partial charge in [0.2, 0.25) is 0 Å². The molecule has 2 nitrogen and oxygen atoms in total. The van der Waals surface area contributed by atoms with Gasteiger partial charge in [0.15, 0.2) is 0 Å². The molecule has 0 aromatic heterocycles. The third-order valence-corrected chi connectivity index (χ3v) is 2.98. The molecule has 0 aliphatic carbocycles. The van der Waals surface area contributed by atoms with E-state index in [9.17, 15) is 5.11 Å². The molecule has 1 heterocycles. The number of aliphatic hydroxyl groups excluding tert-OH is 1. The molecule has 1 fully saturated rings. The standard InChI is InChI=1S/C7H11NOS/c8-3-1-6-5-10-4-2-7(6)9/h6-7,9H,1-2,4-5H2/t6-,7-/m0/s1. The van der Waals surface area contributed by atoms with Crippen molar-refractivity contribution in [1.82, 2.24) is 0 Å². The molecule has 1 saturated heterocycles. The van der Waals surface area contributed by atoms with E-state index in [0.717, 1.165) is 17.9 Å². The molecular weight excluding hydrogens is 146 g/mol. The van der Waals surface area contributed by atoms with Crippen LogP contribution < -0.4 is 0 Å². The van der Waals surface area contributed by atoms with E-state index in [1.165, 1.54) is 0 Å². The fraction of sp³-hybridized carbons (Fsp3) is 0.857. The molecule has 1 rings (SSSR count). The van der Waals surface area contributed by atoms with Gasteiger partial charge >= 0.3 is 0 Å². The maximum Gasteiger partial charge on any atom is 0.0626 e. The molecule has 0 bridgehead atoms. The van der Waals surface area contributed by atoms with Gasteiger partial charge in [0.25, 0.3) is 0 Å². The highest BCUT2D eigenvalue weighted by atomic mass is 32.2. The van der Waals surface area contributed by atoms with Crippen LogP contribution in [0.15, 0.2) is 0 Å². The van der Waals surface area contributed by atoms with Crippen molar-refractivity contribution < 1.29 is 5.11 Å². The van der Waals surface area contributed by atoms with Gasteiger partial charge in [-0.3, -0.25) is 0 Å². The third-order valence-electron chi connectivity index (χ3n) is 1.79. The summed E-state index contributed by atoms with van der Waals surface area (Å²) >= 11 is 1.84. The van der Waals surface area contributed by atoms with E-state index >= 15 is 0 Å². The lowest BCUT2D eigenvalue weighted by atomic mass is 9.99. The van der Waals surface area contributed by atoms with Gasteiger partial charge in [-0.1, -0.05) is 0 Å². The minimum Gasteiger partial charge on any atom is -0.393 e. The average molecular weight is 157 g/mol. The zero-order valence-electron chi connectivity index (χ0n) is 5.79. The topological polar surface area (TPSA) is 44.0 Å². The first-order valence-electron chi connectivity index (χ1n) is 3.47. The second-order valence-electron chi connectivity index (χ2n) is 2.55. The van der Waals surface area contributed by atoms with Crippen molar-refractivity contribution in [3.8, 4) is 6.07 Å². The lowest BCUT2D eigenvalue weighted by molar-refractivity contribution is 0.114. The largest absolute Gasteiger partial charge is 0.393 e. The molecule has 0 aromatic rings. The van der Waals surface area contributed by atoms with Crippen LogP contribution in [0.25, 0.3) is 0 Å². The van der Waals surface area contributed by atoms with Crippen molar-refractivity contribution in [3.05, 3.63) is 0 Å². The molecule has 0 saturated carbocycles. The monoisotopic (exact) mass is 157 g/mol. The van der Waals surface area contributed by atoms with Gasteiger partial charge in [-0.2, -0.15) is 17.0 Å². The van der Waals surface area contributed by atoms with Crippen LogP contribution >= 0.6 is 11.8 Å². The molecule has 3 heteroatoms. The van der Waals surface area contributed by atoms with Crippen LogP contribution in [-0.2, 0) is 0 Å². The second kappa shape index (κ2) is 3.85. The first kappa shape index (κ1) is 7.90. The van der Waals surface area contributed by atoms with Crippen molar-refractivity contribution in [1.29, 1.82) is 5.26 Å². The number of thioether (sulfide) groups is 1. The Morgan fingerprint density at radius 2 is 2.50 bits per heavy atom. The summed E-state index contributed by atoms with van der Waals surface area (Å²) in [4.78, 5) is 0. The van der Waals surface area contributed by atoms with Crippen LogP contribution in [0.3, 0.4) is 0 Å². The molecule has 1 N–H and O–H groups in total. The van der Waals surface area contributed by atoms with Crippen LogP contribution in [0.4, 0.5) is 0 Å². The van der Waals surface area contributed by atoms with Gasteiger partial charge < -0.3 is 5.11 Å². The Labute approximate surface area is 65.2 Å². The summed E-state index contributed by atoms with van der Waals surface area (Å²) in [6.45, 7) is 0. The molecule has 0 amide bonds. The van der Waals surface area contributed by atoms with Crippen LogP contribution in [0.2, 0.25) is 0 Å². The molecular formula is C7H11NOS. The minimum absolute atomic E-state index is 0.221. The van der Waals surface area contributed by atoms with Crippen molar-refractivity contribution in [3.63, 3.8) is 0 Å². The highest BCUT2D eigenvalue weighted by molar-refractivity contribution is 7.99. The van der Waals surface area contributed by atoms with Gasteiger partial charge in [-0.05, 0) is 17.9 Å². The SMILES string of the molecule is N#CC[C@H]1CSCC[C@@H]1O. The lowest BCUT2D eigenvalue weighted by Gasteiger charge is -2.24. The van der Waals surface area contributed by atoms with E-state index in [-0.39, 0.29) is 12.0 Å². The number of nitriles is 1. The molecule has 1 aliphatic heterocycles. The van der Waals surface area contributed by atoms with Crippen molar-refractivity contribution >= 4 is 11.8 Å². The predicted octanol–water partition coefficient (Wildman–Crippen LogP) is 1.01. The van der Waals surface area contributed by atoms with Crippen molar-refractivity contribution in [2.24, 2.45) is 5.92 Å². The van der Waals surface area contributed by atoms with E-state index in [1.807, 2.05) is 11.8 Å². The first-order chi connectivity index (χ1) is 4.84. The molecule has 0 spiro atoms. The Morgan fingerprint density at radius 3 is 3.10 bits per heavy atom. The van der Waals surface area contributed by atoms with Crippen molar-refractivity contribution in [2.75, 3.05) is 11.5 Å². The normalized spacial score (nSPS) is 33.2. The molecule has 10 heavy (non-hydrogen) atoms. The smallest absolute Gasteiger partial charge is 0.0626 e. The highest BCUT2D eigenvalue weighted by Gasteiger charge is 2.22. The van der Waals surface area contributed by atoms with Gasteiger partial charge in [-0.15, -0.1) is 0 Å². The molecule has 2 atom stereocenters. The fourth-order valence-electron chi connectivity index (χ4n) is 1.10. The molecule has 1 aliphatic rings. The lowest BCUT2D eigenvalue weighted by Crippen LogP contribution is -2.27. The zero-order valence-corrected chi connectivity index (χ0v) is 6.60. The van der Waals surface area contributed by atoms with Crippen LogP contribution in [0, 0.1) is 17.2 Å². The van der Waals surface area contributed by atoms with Crippen molar-refractivity contribution in [2.45, 2.75) is 18.9 Å². The number of hydrogen-bond acceptors (Lipinski definition) is 3. The summed E-state index contributed by atoms with van der Waals surface area (Å²) < 4.78 is 0. The summed E-state index contributed by atoms with van der Waals surface area (Å²) in [6.07, 6.45) is 1.14. The van der Waals surface area contributed by atoms with E-state index in [1.54, 1.807) is 0 Å². The summed E-state index contributed by atoms with van der Waals surface area (Å²) in [6, 6.07) is 2.09. The second-order valence-corrected chi connectivity index (χ2v) is 3.70. The van der Waals surface area contributed by atoms with Gasteiger partial charge in [0.05, 0.1) is 12.2 Å². The Balaban J connectivity index is 2.34. The van der Waals surface area contributed by atoms with Gasteiger partial charge in [0, 0.05) is 12.3 Å². The fourth-order valence-corrected chi connectivity index (χ4v) is 2.32. The van der Waals surface area contributed by atoms with E-state index in [0.29, 0.717) is 6.42 Å². The maximum atomic E-state index is 9.34. The van der Waals surface area contributed by atoms with Gasteiger partial charge in [0.1, 0.15) is 0 Å². The van der Waals surface area contributed by atoms with Crippen LogP contribution in [-0.4, -0.2) is 22.7 Å². The number of hydrogen-bond donors (Lipinski definition) is 1. The predicted molar refractivity (Wildman–Crippen MR) is 41.7 cm³/mol. The Morgan fingerprint density at radius 1 is 1.70 bits per heavy atom. The summed E-state index contributed by atoms with van der Waals surface area (Å²) in [5, 5.41) is 17.7. The summed E-state index contributed by atoms with van der Waals surface area (Å²) in [5.74, 6) is 2.22. The van der Waals surface area contributed by atoms with E-state index in [4.69, 9.17) is 5.26 Å². The number of rotatable bonds is 1. The van der Waals surface area contributed by atoms with Crippen LogP contribution in [0.5, 0.6) is 0 Å². The maximum absolute atomic E-state index is 9.34. The highest BCUT2D eigenvalue weighted by Crippen LogP contribution is 2.24. The summed E-state index contributed by atoms with van der Waals surface area (Å²) in [5.41, 5.74) is 0. The van der Waals surface area contributed by atoms with E-state index in [2.05, 4.69) is 6.07 Å². The zero-order chi connectivity index (χ0) is 7.40. The van der Waals surface area contributed by atoms with Gasteiger partial charge in [-0.25, -0.2) is 0 Å². The molecule has 0 radical (unpaired) electrons.